The van der Waals surface area contributed by atoms with Crippen molar-refractivity contribution in [1.82, 2.24) is 25.1 Å². The Morgan fingerprint density at radius 1 is 1.22 bits per heavy atom. The summed E-state index contributed by atoms with van der Waals surface area (Å²) in [5, 5.41) is 5.81. The second-order valence-corrected chi connectivity index (χ2v) is 7.04. The molecule has 0 spiro atoms. The molecule has 1 fully saturated rings. The molecule has 2 aromatic rings. The van der Waals surface area contributed by atoms with E-state index in [2.05, 4.69) is 27.6 Å². The number of rotatable bonds is 6. The highest BCUT2D eigenvalue weighted by molar-refractivity contribution is 5.97. The van der Waals surface area contributed by atoms with Gasteiger partial charge in [0.05, 0.1) is 29.8 Å². The zero-order valence-corrected chi connectivity index (χ0v) is 15.9. The van der Waals surface area contributed by atoms with Gasteiger partial charge in [-0.05, 0) is 38.6 Å². The van der Waals surface area contributed by atoms with E-state index in [1.54, 1.807) is 6.33 Å². The fourth-order valence-corrected chi connectivity index (χ4v) is 3.40. The van der Waals surface area contributed by atoms with Crippen LogP contribution in [0.5, 0.6) is 0 Å². The van der Waals surface area contributed by atoms with Crippen molar-refractivity contribution in [1.29, 1.82) is 0 Å². The van der Waals surface area contributed by atoms with Crippen molar-refractivity contribution < 1.29 is 9.59 Å². The monoisotopic (exact) mass is 369 g/mol. The smallest absolute Gasteiger partial charge is 0.253 e. The van der Waals surface area contributed by atoms with Crippen LogP contribution in [-0.2, 0) is 11.3 Å². The molecule has 144 valence electrons. The lowest BCUT2D eigenvalue weighted by Gasteiger charge is -2.32. The lowest BCUT2D eigenvalue weighted by molar-refractivity contribution is -0.119. The van der Waals surface area contributed by atoms with Gasteiger partial charge in [-0.3, -0.25) is 9.59 Å². The van der Waals surface area contributed by atoms with E-state index in [1.807, 2.05) is 35.0 Å². The van der Waals surface area contributed by atoms with Crippen molar-refractivity contribution >= 4 is 11.8 Å². The van der Waals surface area contributed by atoms with E-state index in [-0.39, 0.29) is 11.8 Å². The van der Waals surface area contributed by atoms with E-state index >= 15 is 0 Å². The van der Waals surface area contributed by atoms with Gasteiger partial charge in [-0.15, -0.1) is 0 Å². The fraction of sp³-hybridized carbons (Fsp3) is 0.450. The van der Waals surface area contributed by atoms with Gasteiger partial charge < -0.3 is 20.1 Å². The van der Waals surface area contributed by atoms with Gasteiger partial charge in [-0.1, -0.05) is 18.6 Å². The Kier molecular flexibility index (Phi) is 6.24. The molecule has 27 heavy (non-hydrogen) atoms. The maximum atomic E-state index is 12.8. The van der Waals surface area contributed by atoms with Crippen LogP contribution < -0.4 is 10.6 Å². The van der Waals surface area contributed by atoms with Crippen LogP contribution in [0.25, 0.3) is 5.69 Å². The van der Waals surface area contributed by atoms with Crippen LogP contribution in [0.15, 0.2) is 36.8 Å². The van der Waals surface area contributed by atoms with Gasteiger partial charge in [-0.2, -0.15) is 0 Å². The Morgan fingerprint density at radius 2 is 2.04 bits per heavy atom. The lowest BCUT2D eigenvalue weighted by atomic mass is 10.0. The first-order chi connectivity index (χ1) is 13.0. The number of aromatic nitrogens is 2. The summed E-state index contributed by atoms with van der Waals surface area (Å²) in [5.41, 5.74) is 2.12. The molecule has 1 saturated heterocycles. The van der Waals surface area contributed by atoms with Crippen molar-refractivity contribution in [3.63, 3.8) is 0 Å². The number of piperidine rings is 1. The molecule has 1 aromatic carbocycles. The molecular formula is C20H27N5O2. The molecule has 0 aliphatic carbocycles. The largest absolute Gasteiger partial charge is 0.351 e. The number of hydrogen-bond donors (Lipinski definition) is 2. The zero-order chi connectivity index (χ0) is 19.2. The lowest BCUT2D eigenvalue weighted by Crippen LogP contribution is -2.44. The van der Waals surface area contributed by atoms with E-state index < -0.39 is 0 Å². The van der Waals surface area contributed by atoms with E-state index in [0.717, 1.165) is 24.3 Å². The Labute approximate surface area is 159 Å². The van der Waals surface area contributed by atoms with Gasteiger partial charge in [0.15, 0.2) is 0 Å². The molecule has 3 rings (SSSR count). The highest BCUT2D eigenvalue weighted by Crippen LogP contribution is 2.17. The number of nitrogens with one attached hydrogen (secondary N) is 2. The number of likely N-dealkylation sites (tertiary alicyclic amines) is 1. The number of likely N-dealkylation sites (N-methyl/N-ethyl adjacent to an activating group) is 1. The first-order valence-electron chi connectivity index (χ1n) is 9.39. The van der Waals surface area contributed by atoms with Gasteiger partial charge in [0.25, 0.3) is 5.91 Å². The van der Waals surface area contributed by atoms with Gasteiger partial charge in [0.2, 0.25) is 5.91 Å². The Balaban J connectivity index is 1.69. The van der Waals surface area contributed by atoms with Crippen LogP contribution in [0, 0.1) is 0 Å². The topological polar surface area (TPSA) is 79.3 Å². The summed E-state index contributed by atoms with van der Waals surface area (Å²) >= 11 is 0. The highest BCUT2D eigenvalue weighted by Gasteiger charge is 2.20. The van der Waals surface area contributed by atoms with Crippen molar-refractivity contribution in [2.45, 2.75) is 38.8 Å². The van der Waals surface area contributed by atoms with Crippen LogP contribution in [0.4, 0.5) is 0 Å². The summed E-state index contributed by atoms with van der Waals surface area (Å²) in [6, 6.07) is 7.87. The molecule has 1 atom stereocenters. The van der Waals surface area contributed by atoms with Gasteiger partial charge in [0.1, 0.15) is 0 Å². The van der Waals surface area contributed by atoms with Crippen LogP contribution in [0.1, 0.15) is 42.2 Å². The Bertz CT molecular complexity index is 801. The van der Waals surface area contributed by atoms with Crippen LogP contribution in [0.3, 0.4) is 0 Å². The zero-order valence-electron chi connectivity index (χ0n) is 15.9. The highest BCUT2D eigenvalue weighted by atomic mass is 16.2. The number of amides is 2. The molecule has 1 aliphatic heterocycles. The van der Waals surface area contributed by atoms with E-state index in [4.69, 9.17) is 0 Å². The minimum absolute atomic E-state index is 0.0818. The molecular weight excluding hydrogens is 342 g/mol. The average molecular weight is 369 g/mol. The third kappa shape index (κ3) is 4.95. The van der Waals surface area contributed by atoms with Crippen LogP contribution in [0.2, 0.25) is 0 Å². The predicted octanol–water partition coefficient (Wildman–Crippen LogP) is 1.72. The second kappa shape index (κ2) is 8.81. The van der Waals surface area contributed by atoms with E-state index in [0.29, 0.717) is 24.7 Å². The van der Waals surface area contributed by atoms with Crippen LogP contribution in [-0.4, -0.2) is 52.4 Å². The number of carbonyl (C=O) groups excluding carboxylic acids is 2. The van der Waals surface area contributed by atoms with Gasteiger partial charge >= 0.3 is 0 Å². The van der Waals surface area contributed by atoms with Crippen molar-refractivity contribution in [3.05, 3.63) is 48.0 Å². The van der Waals surface area contributed by atoms with Crippen molar-refractivity contribution in [2.24, 2.45) is 0 Å². The summed E-state index contributed by atoms with van der Waals surface area (Å²) < 4.78 is 1.82. The fourth-order valence-electron chi connectivity index (χ4n) is 3.40. The number of hydrogen-bond acceptors (Lipinski definition) is 4. The van der Waals surface area contributed by atoms with Gasteiger partial charge in [-0.25, -0.2) is 4.98 Å². The molecule has 1 aliphatic rings. The summed E-state index contributed by atoms with van der Waals surface area (Å²) in [7, 11) is 2.12. The van der Waals surface area contributed by atoms with Gasteiger partial charge in [0, 0.05) is 25.7 Å². The molecule has 7 heteroatoms. The summed E-state index contributed by atoms with van der Waals surface area (Å²) in [5.74, 6) is -0.182. The number of imidazole rings is 1. The Hall–Kier alpha value is -2.67. The first kappa shape index (κ1) is 19.1. The molecule has 2 N–H and O–H groups in total. The molecule has 0 saturated carbocycles. The number of benzene rings is 1. The summed E-state index contributed by atoms with van der Waals surface area (Å²) in [4.78, 5) is 30.5. The SMILES string of the molecule is CC(=O)NCc1cn(-c2ccccc2C(=O)NC[C@H]2CCCCN2C)cn1. The van der Waals surface area contributed by atoms with Crippen molar-refractivity contribution in [3.8, 4) is 5.69 Å². The first-order valence-corrected chi connectivity index (χ1v) is 9.39. The summed E-state index contributed by atoms with van der Waals surface area (Å²) in [6.07, 6.45) is 7.06. The van der Waals surface area contributed by atoms with E-state index in [1.165, 1.54) is 19.8 Å². The molecule has 1 aromatic heterocycles. The third-order valence-electron chi connectivity index (χ3n) is 5.00. The van der Waals surface area contributed by atoms with E-state index in [9.17, 15) is 9.59 Å². The normalized spacial score (nSPS) is 17.5. The molecule has 0 bridgehead atoms. The van der Waals surface area contributed by atoms with Crippen LogP contribution >= 0.6 is 0 Å². The molecule has 2 amide bonds. The number of carbonyl (C=O) groups is 2. The number of para-hydroxylation sites is 1. The molecule has 0 radical (unpaired) electrons. The standard InChI is InChI=1S/C20H27N5O2/c1-15(26)21-11-16-13-25(14-23-16)19-9-4-3-8-18(19)20(27)22-12-17-7-5-6-10-24(17)2/h3-4,8-9,13-14,17H,5-7,10-12H2,1-2H3,(H,21,26)(H,22,27)/t17-/m1/s1. The molecule has 7 nitrogen and oxygen atoms in total. The summed E-state index contributed by atoms with van der Waals surface area (Å²) in [6.45, 7) is 3.58. The minimum Gasteiger partial charge on any atom is -0.351 e. The Morgan fingerprint density at radius 3 is 2.81 bits per heavy atom. The third-order valence-corrected chi connectivity index (χ3v) is 5.00. The quantitative estimate of drug-likeness (QED) is 0.813. The average Bonchev–Trinajstić information content (AvgIpc) is 3.14. The maximum absolute atomic E-state index is 12.8. The number of nitrogens with zero attached hydrogens (tertiary/aromatic N) is 3. The molecule has 2 heterocycles. The van der Waals surface area contributed by atoms with Crippen molar-refractivity contribution in [2.75, 3.05) is 20.1 Å². The maximum Gasteiger partial charge on any atom is 0.253 e. The predicted molar refractivity (Wildman–Crippen MR) is 104 cm³/mol. The molecule has 0 unspecified atom stereocenters. The second-order valence-electron chi connectivity index (χ2n) is 7.04. The minimum atomic E-state index is -0.1000.